The summed E-state index contributed by atoms with van der Waals surface area (Å²) in [4.78, 5) is 21.3. The average molecular weight is 258 g/mol. The van der Waals surface area contributed by atoms with Crippen LogP contribution in [0.25, 0.3) is 0 Å². The van der Waals surface area contributed by atoms with Crippen molar-refractivity contribution >= 4 is 29.0 Å². The predicted molar refractivity (Wildman–Crippen MR) is 65.4 cm³/mol. The molecule has 92 valence electrons. The van der Waals surface area contributed by atoms with E-state index in [-0.39, 0.29) is 16.7 Å². The van der Waals surface area contributed by atoms with E-state index in [0.29, 0.717) is 12.2 Å². The first-order valence-corrected chi connectivity index (χ1v) is 5.41. The Labute approximate surface area is 103 Å². The normalized spacial score (nSPS) is 9.76. The van der Waals surface area contributed by atoms with Gasteiger partial charge in [0.2, 0.25) is 0 Å². The maximum Gasteiger partial charge on any atom is 0.319 e. The summed E-state index contributed by atoms with van der Waals surface area (Å²) in [6, 6.07) is 3.48. The molecule has 0 saturated heterocycles. The van der Waals surface area contributed by atoms with Gasteiger partial charge >= 0.3 is 6.03 Å². The summed E-state index contributed by atoms with van der Waals surface area (Å²) in [5.41, 5.74) is 0.223. The van der Waals surface area contributed by atoms with Crippen molar-refractivity contribution in [1.29, 1.82) is 0 Å². The first-order chi connectivity index (χ1) is 8.04. The molecule has 2 N–H and O–H groups in total. The molecule has 1 aromatic rings. The van der Waals surface area contributed by atoms with Crippen LogP contribution >= 0.6 is 11.6 Å². The van der Waals surface area contributed by atoms with Gasteiger partial charge in [-0.3, -0.25) is 10.1 Å². The van der Waals surface area contributed by atoms with Crippen LogP contribution in [-0.4, -0.2) is 17.5 Å². The smallest absolute Gasteiger partial charge is 0.319 e. The minimum absolute atomic E-state index is 0.116. The van der Waals surface area contributed by atoms with Crippen molar-refractivity contribution in [3.8, 4) is 0 Å². The van der Waals surface area contributed by atoms with Crippen LogP contribution in [0.5, 0.6) is 0 Å². The lowest BCUT2D eigenvalue weighted by Gasteiger charge is -2.07. The highest BCUT2D eigenvalue weighted by atomic mass is 35.5. The number of non-ortho nitro benzene ring substituents is 1. The molecule has 0 aliphatic heterocycles. The number of anilines is 1. The summed E-state index contributed by atoms with van der Waals surface area (Å²) in [7, 11) is 0. The molecule has 0 atom stereocenters. The number of rotatable bonds is 4. The number of urea groups is 1. The zero-order valence-electron chi connectivity index (χ0n) is 9.20. The summed E-state index contributed by atoms with van der Waals surface area (Å²) < 4.78 is 0. The number of halogens is 1. The minimum atomic E-state index is -0.549. The van der Waals surface area contributed by atoms with E-state index in [1.54, 1.807) is 0 Å². The van der Waals surface area contributed by atoms with Gasteiger partial charge in [-0.1, -0.05) is 18.5 Å². The van der Waals surface area contributed by atoms with Crippen LogP contribution in [0, 0.1) is 10.1 Å². The predicted octanol–water partition coefficient (Wildman–Crippen LogP) is 2.78. The van der Waals surface area contributed by atoms with Crippen LogP contribution in [0.4, 0.5) is 16.2 Å². The quantitative estimate of drug-likeness (QED) is 0.642. The van der Waals surface area contributed by atoms with Crippen molar-refractivity contribution in [1.82, 2.24) is 5.32 Å². The number of hydrogen-bond donors (Lipinski definition) is 2. The van der Waals surface area contributed by atoms with Crippen LogP contribution in [0.1, 0.15) is 13.3 Å². The summed E-state index contributed by atoms with van der Waals surface area (Å²) in [6.45, 7) is 2.48. The fraction of sp³-hybridized carbons (Fsp3) is 0.300. The molecule has 6 nitrogen and oxygen atoms in total. The van der Waals surface area contributed by atoms with Crippen molar-refractivity contribution < 1.29 is 9.72 Å². The van der Waals surface area contributed by atoms with Gasteiger partial charge in [-0.05, 0) is 12.5 Å². The number of carbonyl (C=O) groups is 1. The third-order valence-corrected chi connectivity index (χ3v) is 2.26. The third kappa shape index (κ3) is 3.92. The Morgan fingerprint density at radius 3 is 2.76 bits per heavy atom. The Morgan fingerprint density at radius 2 is 2.24 bits per heavy atom. The SMILES string of the molecule is CCCNC(=O)Nc1ccc([N+](=O)[O-])cc1Cl. The maximum absolute atomic E-state index is 11.3. The standard InChI is InChI=1S/C10H12ClN3O3/c1-2-5-12-10(15)13-9-4-3-7(14(16)17)6-8(9)11/h3-4,6H,2,5H2,1H3,(H2,12,13,15). The van der Waals surface area contributed by atoms with Crippen molar-refractivity contribution in [3.63, 3.8) is 0 Å². The van der Waals surface area contributed by atoms with Crippen molar-refractivity contribution in [2.45, 2.75) is 13.3 Å². The Kier molecular flexibility index (Phi) is 4.71. The maximum atomic E-state index is 11.3. The number of benzene rings is 1. The Balaban J connectivity index is 2.72. The number of hydrogen-bond acceptors (Lipinski definition) is 3. The Bertz CT molecular complexity index is 437. The summed E-state index contributed by atoms with van der Waals surface area (Å²) >= 11 is 5.80. The van der Waals surface area contributed by atoms with Gasteiger partial charge in [-0.2, -0.15) is 0 Å². The molecule has 0 saturated carbocycles. The lowest BCUT2D eigenvalue weighted by molar-refractivity contribution is -0.384. The van der Waals surface area contributed by atoms with Crippen LogP contribution in [0.3, 0.4) is 0 Å². The van der Waals surface area contributed by atoms with E-state index >= 15 is 0 Å². The van der Waals surface area contributed by atoms with E-state index < -0.39 is 4.92 Å². The van der Waals surface area contributed by atoms with Gasteiger partial charge in [0.15, 0.2) is 0 Å². The molecule has 2 amide bonds. The average Bonchev–Trinajstić information content (AvgIpc) is 2.28. The molecule has 0 aliphatic carbocycles. The third-order valence-electron chi connectivity index (χ3n) is 1.95. The number of carbonyl (C=O) groups excluding carboxylic acids is 1. The molecule has 7 heteroatoms. The van der Waals surface area contributed by atoms with E-state index in [9.17, 15) is 14.9 Å². The van der Waals surface area contributed by atoms with E-state index in [0.717, 1.165) is 6.42 Å². The zero-order valence-corrected chi connectivity index (χ0v) is 9.95. The minimum Gasteiger partial charge on any atom is -0.338 e. The Morgan fingerprint density at radius 1 is 1.53 bits per heavy atom. The van der Waals surface area contributed by atoms with E-state index in [1.165, 1.54) is 18.2 Å². The van der Waals surface area contributed by atoms with Gasteiger partial charge in [0.1, 0.15) is 0 Å². The molecule has 0 spiro atoms. The number of nitro groups is 1. The van der Waals surface area contributed by atoms with Crippen molar-refractivity contribution in [2.24, 2.45) is 0 Å². The van der Waals surface area contributed by atoms with Crippen LogP contribution < -0.4 is 10.6 Å². The van der Waals surface area contributed by atoms with Crippen LogP contribution in [0.2, 0.25) is 5.02 Å². The first kappa shape index (κ1) is 13.2. The number of nitrogens with one attached hydrogen (secondary N) is 2. The van der Waals surface area contributed by atoms with E-state index in [4.69, 9.17) is 11.6 Å². The van der Waals surface area contributed by atoms with Gasteiger partial charge < -0.3 is 10.6 Å². The fourth-order valence-electron chi connectivity index (χ4n) is 1.12. The van der Waals surface area contributed by atoms with Crippen molar-refractivity contribution in [3.05, 3.63) is 33.3 Å². The molecule has 0 heterocycles. The zero-order chi connectivity index (χ0) is 12.8. The molecule has 0 unspecified atom stereocenters. The summed E-state index contributed by atoms with van der Waals surface area (Å²) in [5.74, 6) is 0. The lowest BCUT2D eigenvalue weighted by Crippen LogP contribution is -2.29. The molecule has 0 bridgehead atoms. The van der Waals surface area contributed by atoms with Gasteiger partial charge in [-0.15, -0.1) is 0 Å². The second-order valence-corrected chi connectivity index (χ2v) is 3.71. The van der Waals surface area contributed by atoms with Gasteiger partial charge in [-0.25, -0.2) is 4.79 Å². The number of amides is 2. The van der Waals surface area contributed by atoms with E-state index in [1.807, 2.05) is 6.92 Å². The lowest BCUT2D eigenvalue weighted by atomic mass is 10.3. The van der Waals surface area contributed by atoms with Crippen LogP contribution in [0.15, 0.2) is 18.2 Å². The summed E-state index contributed by atoms with van der Waals surface area (Å²) in [6.07, 6.45) is 0.821. The highest BCUT2D eigenvalue weighted by molar-refractivity contribution is 6.33. The topological polar surface area (TPSA) is 84.3 Å². The number of nitrogens with zero attached hydrogens (tertiary/aromatic N) is 1. The van der Waals surface area contributed by atoms with Gasteiger partial charge in [0, 0.05) is 18.7 Å². The monoisotopic (exact) mass is 257 g/mol. The Hall–Kier alpha value is -1.82. The molecule has 0 radical (unpaired) electrons. The van der Waals surface area contributed by atoms with Gasteiger partial charge in [0.05, 0.1) is 15.6 Å². The molecular formula is C10H12ClN3O3. The largest absolute Gasteiger partial charge is 0.338 e. The van der Waals surface area contributed by atoms with Crippen molar-refractivity contribution in [2.75, 3.05) is 11.9 Å². The summed E-state index contributed by atoms with van der Waals surface area (Å²) in [5, 5.41) is 15.7. The first-order valence-electron chi connectivity index (χ1n) is 5.03. The second-order valence-electron chi connectivity index (χ2n) is 3.30. The van der Waals surface area contributed by atoms with Crippen LogP contribution in [-0.2, 0) is 0 Å². The second kappa shape index (κ2) is 6.05. The molecule has 1 rings (SSSR count). The molecule has 0 aromatic heterocycles. The highest BCUT2D eigenvalue weighted by Gasteiger charge is 2.10. The molecular weight excluding hydrogens is 246 g/mol. The highest BCUT2D eigenvalue weighted by Crippen LogP contribution is 2.26. The van der Waals surface area contributed by atoms with Gasteiger partial charge in [0.25, 0.3) is 5.69 Å². The molecule has 0 fully saturated rings. The number of nitro benzene ring substituents is 1. The molecule has 17 heavy (non-hydrogen) atoms. The fourth-order valence-corrected chi connectivity index (χ4v) is 1.35. The van der Waals surface area contributed by atoms with E-state index in [2.05, 4.69) is 10.6 Å². The molecule has 1 aromatic carbocycles. The molecule has 0 aliphatic rings.